The van der Waals surface area contributed by atoms with Crippen LogP contribution in [0.3, 0.4) is 0 Å². The second kappa shape index (κ2) is 9.22. The van der Waals surface area contributed by atoms with E-state index in [1.54, 1.807) is 13.8 Å². The summed E-state index contributed by atoms with van der Waals surface area (Å²) in [5.41, 5.74) is 1.92. The molecule has 1 aromatic carbocycles. The third kappa shape index (κ3) is 5.67. The van der Waals surface area contributed by atoms with Gasteiger partial charge in [0.2, 0.25) is 0 Å². The molecule has 1 amide bonds. The van der Waals surface area contributed by atoms with Gasteiger partial charge in [-0.05, 0) is 49.4 Å². The Morgan fingerprint density at radius 3 is 2.24 bits per heavy atom. The fraction of sp³-hybridized carbons (Fsp3) is 0.409. The Kier molecular flexibility index (Phi) is 7.19. The van der Waals surface area contributed by atoms with Gasteiger partial charge in [0.15, 0.2) is 12.4 Å². The topological polar surface area (TPSA) is 81.7 Å². The lowest BCUT2D eigenvalue weighted by Crippen LogP contribution is -2.21. The number of nitrogens with one attached hydrogen (secondary N) is 1. The lowest BCUT2D eigenvalue weighted by molar-refractivity contribution is -0.118. The van der Waals surface area contributed by atoms with Gasteiger partial charge < -0.3 is 14.8 Å². The summed E-state index contributed by atoms with van der Waals surface area (Å²) < 4.78 is 10.6. The molecule has 2 rings (SSSR count). The van der Waals surface area contributed by atoms with Crippen molar-refractivity contribution in [2.24, 2.45) is 0 Å². The van der Waals surface area contributed by atoms with Crippen LogP contribution in [-0.2, 0) is 14.9 Å². The van der Waals surface area contributed by atoms with Crippen molar-refractivity contribution in [1.82, 2.24) is 0 Å². The van der Waals surface area contributed by atoms with Crippen molar-refractivity contribution in [3.05, 3.63) is 45.8 Å². The van der Waals surface area contributed by atoms with Crippen LogP contribution < -0.4 is 10.1 Å². The highest BCUT2D eigenvalue weighted by atomic mass is 32.1. The number of ether oxygens (including phenoxy) is 2. The molecule has 0 radical (unpaired) electrons. The molecule has 2 aromatic rings. The van der Waals surface area contributed by atoms with E-state index in [0.29, 0.717) is 21.2 Å². The molecule has 0 aliphatic rings. The van der Waals surface area contributed by atoms with Crippen LogP contribution in [-0.4, -0.2) is 30.9 Å². The molecular formula is C22H27NO5S. The largest absolute Gasteiger partial charge is 0.484 e. The predicted molar refractivity (Wildman–Crippen MR) is 114 cm³/mol. The Morgan fingerprint density at radius 1 is 1.10 bits per heavy atom. The Bertz CT molecular complexity index is 907. The minimum atomic E-state index is -0.567. The maximum absolute atomic E-state index is 12.4. The van der Waals surface area contributed by atoms with Gasteiger partial charge in [-0.3, -0.25) is 9.59 Å². The second-order valence-corrected chi connectivity index (χ2v) is 8.67. The molecule has 0 spiro atoms. The number of Topliss-reactive ketones (excluding diaryl/α,β-unsaturated/α-hetero) is 1. The highest BCUT2D eigenvalue weighted by molar-refractivity contribution is 7.18. The van der Waals surface area contributed by atoms with Gasteiger partial charge in [-0.25, -0.2) is 4.79 Å². The number of carbonyl (C=O) groups is 3. The third-order valence-corrected chi connectivity index (χ3v) is 5.60. The maximum Gasteiger partial charge on any atom is 0.341 e. The molecule has 0 saturated carbocycles. The van der Waals surface area contributed by atoms with Gasteiger partial charge in [-0.2, -0.15) is 0 Å². The first-order chi connectivity index (χ1) is 13.5. The fourth-order valence-electron chi connectivity index (χ4n) is 2.75. The zero-order valence-electron chi connectivity index (χ0n) is 17.7. The quantitative estimate of drug-likeness (QED) is 0.519. The van der Waals surface area contributed by atoms with Crippen LogP contribution >= 0.6 is 11.3 Å². The normalized spacial score (nSPS) is 11.1. The van der Waals surface area contributed by atoms with E-state index in [9.17, 15) is 14.4 Å². The monoisotopic (exact) mass is 417 g/mol. The number of ketones is 1. The van der Waals surface area contributed by atoms with E-state index in [1.165, 1.54) is 12.5 Å². The van der Waals surface area contributed by atoms with Crippen molar-refractivity contribution in [3.63, 3.8) is 0 Å². The number of benzene rings is 1. The number of thiophene rings is 1. The lowest BCUT2D eigenvalue weighted by atomic mass is 9.87. The fourth-order valence-corrected chi connectivity index (χ4v) is 3.86. The molecule has 1 N–H and O–H groups in total. The average molecular weight is 418 g/mol. The lowest BCUT2D eigenvalue weighted by Gasteiger charge is -2.19. The number of hydrogen-bond acceptors (Lipinski definition) is 6. The molecule has 1 aromatic heterocycles. The van der Waals surface area contributed by atoms with Crippen molar-refractivity contribution < 1.29 is 23.9 Å². The number of rotatable bonds is 7. The molecule has 7 heteroatoms. The second-order valence-electron chi connectivity index (χ2n) is 7.65. The van der Waals surface area contributed by atoms with Crippen LogP contribution in [0, 0.1) is 6.92 Å². The summed E-state index contributed by atoms with van der Waals surface area (Å²) in [6.07, 6.45) is 0. The summed E-state index contributed by atoms with van der Waals surface area (Å²) in [5.74, 6) is -0.589. The summed E-state index contributed by atoms with van der Waals surface area (Å²) in [4.78, 5) is 36.9. The number of hydrogen-bond donors (Lipinski definition) is 1. The van der Waals surface area contributed by atoms with Crippen LogP contribution in [0.2, 0.25) is 0 Å². The van der Waals surface area contributed by atoms with Crippen molar-refractivity contribution in [2.45, 2.75) is 47.0 Å². The van der Waals surface area contributed by atoms with Gasteiger partial charge in [0.1, 0.15) is 10.8 Å². The molecule has 0 atom stereocenters. The molecular weight excluding hydrogens is 390 g/mol. The first-order valence-corrected chi connectivity index (χ1v) is 10.2. The molecule has 0 saturated heterocycles. The van der Waals surface area contributed by atoms with Gasteiger partial charge in [0.05, 0.1) is 17.0 Å². The molecule has 156 valence electrons. The molecule has 0 bridgehead atoms. The SMILES string of the molecule is CCOC(=O)c1c(NC(=O)COc2ccc(C(C)(C)C)cc2)sc(C(C)=O)c1C. The van der Waals surface area contributed by atoms with Crippen molar-refractivity contribution in [1.29, 1.82) is 0 Å². The van der Waals surface area contributed by atoms with E-state index >= 15 is 0 Å². The van der Waals surface area contributed by atoms with Gasteiger partial charge in [-0.1, -0.05) is 32.9 Å². The van der Waals surface area contributed by atoms with Crippen molar-refractivity contribution in [2.75, 3.05) is 18.5 Å². The maximum atomic E-state index is 12.4. The van der Waals surface area contributed by atoms with Crippen LogP contribution in [0.4, 0.5) is 5.00 Å². The highest BCUT2D eigenvalue weighted by Crippen LogP contribution is 2.34. The van der Waals surface area contributed by atoms with Crippen molar-refractivity contribution >= 4 is 34.0 Å². The minimum Gasteiger partial charge on any atom is -0.484 e. The van der Waals surface area contributed by atoms with E-state index in [2.05, 4.69) is 26.1 Å². The Balaban J connectivity index is 2.11. The minimum absolute atomic E-state index is 0.0326. The number of carbonyl (C=O) groups excluding carboxylic acids is 3. The van der Waals surface area contributed by atoms with E-state index < -0.39 is 11.9 Å². The van der Waals surface area contributed by atoms with Gasteiger partial charge >= 0.3 is 5.97 Å². The van der Waals surface area contributed by atoms with Gasteiger partial charge in [0, 0.05) is 0 Å². The highest BCUT2D eigenvalue weighted by Gasteiger charge is 2.25. The van der Waals surface area contributed by atoms with E-state index in [0.717, 1.165) is 11.3 Å². The molecule has 0 unspecified atom stereocenters. The zero-order chi connectivity index (χ0) is 21.8. The summed E-state index contributed by atoms with van der Waals surface area (Å²) in [6.45, 7) is 11.1. The first-order valence-electron chi connectivity index (χ1n) is 9.39. The molecule has 1 heterocycles. The predicted octanol–water partition coefficient (Wildman–Crippen LogP) is 4.75. The van der Waals surface area contributed by atoms with Crippen LogP contribution in [0.5, 0.6) is 5.75 Å². The standard InChI is InChI=1S/C22H27NO5S/c1-7-27-21(26)18-13(2)19(14(3)24)29-20(18)23-17(25)12-28-16-10-8-15(9-11-16)22(4,5)6/h8-11H,7,12H2,1-6H3,(H,23,25). The summed E-state index contributed by atoms with van der Waals surface area (Å²) in [6, 6.07) is 7.57. The first kappa shape index (κ1) is 22.6. The molecule has 0 aliphatic heterocycles. The molecule has 0 fully saturated rings. The van der Waals surface area contributed by atoms with Crippen LogP contribution in [0.25, 0.3) is 0 Å². The summed E-state index contributed by atoms with van der Waals surface area (Å²) in [5, 5.41) is 2.97. The van der Waals surface area contributed by atoms with Gasteiger partial charge in [0.25, 0.3) is 5.91 Å². The third-order valence-electron chi connectivity index (χ3n) is 4.29. The Labute approximate surface area is 175 Å². The number of esters is 1. The van der Waals surface area contributed by atoms with Crippen LogP contribution in [0.15, 0.2) is 24.3 Å². The van der Waals surface area contributed by atoms with E-state index in [1.807, 2.05) is 24.3 Å². The molecule has 0 aliphatic carbocycles. The smallest absolute Gasteiger partial charge is 0.341 e. The number of anilines is 1. The molecule has 29 heavy (non-hydrogen) atoms. The van der Waals surface area contributed by atoms with Gasteiger partial charge in [-0.15, -0.1) is 11.3 Å². The Hall–Kier alpha value is -2.67. The molecule has 6 nitrogen and oxygen atoms in total. The average Bonchev–Trinajstić information content (AvgIpc) is 2.96. The summed E-state index contributed by atoms with van der Waals surface area (Å²) >= 11 is 1.07. The van der Waals surface area contributed by atoms with E-state index in [-0.39, 0.29) is 30.0 Å². The van der Waals surface area contributed by atoms with Crippen LogP contribution in [0.1, 0.15) is 65.8 Å². The summed E-state index contributed by atoms with van der Waals surface area (Å²) in [7, 11) is 0. The van der Waals surface area contributed by atoms with Crippen molar-refractivity contribution in [3.8, 4) is 5.75 Å². The zero-order valence-corrected chi connectivity index (χ0v) is 18.5. The van der Waals surface area contributed by atoms with E-state index in [4.69, 9.17) is 9.47 Å². The Morgan fingerprint density at radius 2 is 1.72 bits per heavy atom. The number of amides is 1.